The Balaban J connectivity index is 2.06. The summed E-state index contributed by atoms with van der Waals surface area (Å²) in [7, 11) is 0. The Morgan fingerprint density at radius 2 is 1.79 bits per heavy atom. The summed E-state index contributed by atoms with van der Waals surface area (Å²) >= 11 is 0. The molecule has 0 saturated carbocycles. The van der Waals surface area contributed by atoms with Crippen molar-refractivity contribution in [1.82, 2.24) is 15.2 Å². The van der Waals surface area contributed by atoms with E-state index in [-0.39, 0.29) is 28.7 Å². The minimum atomic E-state index is -4.66. The number of aromatic amines is 1. The van der Waals surface area contributed by atoms with Crippen LogP contribution in [0.5, 0.6) is 0 Å². The van der Waals surface area contributed by atoms with Crippen LogP contribution in [0.1, 0.15) is 5.56 Å². The lowest BCUT2D eigenvalue weighted by Gasteiger charge is -2.15. The molecule has 0 spiro atoms. The summed E-state index contributed by atoms with van der Waals surface area (Å²) in [6.07, 6.45) is -4.66. The lowest BCUT2D eigenvalue weighted by Crippen LogP contribution is -2.08. The van der Waals surface area contributed by atoms with Crippen molar-refractivity contribution in [3.05, 3.63) is 53.8 Å². The smallest absolute Gasteiger partial charge is 0.368 e. The van der Waals surface area contributed by atoms with Crippen LogP contribution in [0.15, 0.2) is 42.5 Å². The van der Waals surface area contributed by atoms with Crippen LogP contribution < -0.4 is 11.1 Å². The number of aromatic nitrogens is 3. The number of hydrogen-bond donors (Lipinski definition) is 3. The first-order valence-corrected chi connectivity index (χ1v) is 6.75. The fourth-order valence-electron chi connectivity index (χ4n) is 2.23. The molecule has 0 radical (unpaired) electrons. The number of nitrogens with two attached hydrogens (primary N) is 1. The van der Waals surface area contributed by atoms with Gasteiger partial charge in [-0.05, 0) is 23.8 Å². The topological polar surface area (TPSA) is 79.6 Å². The third-order valence-electron chi connectivity index (χ3n) is 3.25. The lowest BCUT2D eigenvalue weighted by atomic mass is 9.98. The number of H-pyrrole nitrogens is 1. The van der Waals surface area contributed by atoms with Crippen molar-refractivity contribution in [3.8, 4) is 11.1 Å². The van der Waals surface area contributed by atoms with Gasteiger partial charge in [-0.3, -0.25) is 0 Å². The summed E-state index contributed by atoms with van der Waals surface area (Å²) in [5.41, 5.74) is 4.11. The molecule has 3 aromatic rings. The standard InChI is InChI=1S/C15H11F4N5/c16-12-4-2-1-3-10(12)9-6-5-8(7-11(9)15(17,18)19)21-14-22-13(20)23-24-14/h1-7H,(H4,20,21,22,23,24). The molecule has 1 heterocycles. The molecular formula is C15H11F4N5. The molecule has 2 aromatic carbocycles. The largest absolute Gasteiger partial charge is 0.417 e. The van der Waals surface area contributed by atoms with Gasteiger partial charge in [-0.15, -0.1) is 5.10 Å². The van der Waals surface area contributed by atoms with Crippen LogP contribution in [0.25, 0.3) is 11.1 Å². The molecule has 124 valence electrons. The number of nitrogens with one attached hydrogen (secondary N) is 2. The van der Waals surface area contributed by atoms with E-state index in [1.54, 1.807) is 0 Å². The van der Waals surface area contributed by atoms with E-state index >= 15 is 0 Å². The van der Waals surface area contributed by atoms with Crippen molar-refractivity contribution < 1.29 is 17.6 Å². The Morgan fingerprint density at radius 1 is 1.04 bits per heavy atom. The third kappa shape index (κ3) is 3.14. The van der Waals surface area contributed by atoms with Gasteiger partial charge in [0.15, 0.2) is 0 Å². The highest BCUT2D eigenvalue weighted by atomic mass is 19.4. The Morgan fingerprint density at radius 3 is 2.42 bits per heavy atom. The molecule has 0 unspecified atom stereocenters. The summed E-state index contributed by atoms with van der Waals surface area (Å²) in [5, 5.41) is 8.65. The predicted molar refractivity (Wildman–Crippen MR) is 80.9 cm³/mol. The van der Waals surface area contributed by atoms with E-state index in [1.165, 1.54) is 30.3 Å². The van der Waals surface area contributed by atoms with Gasteiger partial charge < -0.3 is 11.1 Å². The van der Waals surface area contributed by atoms with Crippen molar-refractivity contribution in [2.24, 2.45) is 0 Å². The van der Waals surface area contributed by atoms with Gasteiger partial charge >= 0.3 is 6.18 Å². The molecule has 9 heteroatoms. The molecule has 0 fully saturated rings. The average Bonchev–Trinajstić information content (AvgIpc) is 2.92. The second-order valence-electron chi connectivity index (χ2n) is 4.91. The van der Waals surface area contributed by atoms with Gasteiger partial charge in [0, 0.05) is 11.3 Å². The Labute approximate surface area is 133 Å². The minimum Gasteiger partial charge on any atom is -0.368 e. The van der Waals surface area contributed by atoms with Crippen LogP contribution in [0.3, 0.4) is 0 Å². The van der Waals surface area contributed by atoms with Crippen molar-refractivity contribution >= 4 is 17.6 Å². The number of benzene rings is 2. The summed E-state index contributed by atoms with van der Waals surface area (Å²) in [6, 6.07) is 8.73. The van der Waals surface area contributed by atoms with E-state index in [1.807, 2.05) is 0 Å². The number of anilines is 3. The van der Waals surface area contributed by atoms with Crippen LogP contribution in [0, 0.1) is 5.82 Å². The molecule has 5 nitrogen and oxygen atoms in total. The summed E-state index contributed by atoms with van der Waals surface area (Å²) in [6.45, 7) is 0. The van der Waals surface area contributed by atoms with Crippen LogP contribution in [-0.2, 0) is 6.18 Å². The van der Waals surface area contributed by atoms with Gasteiger partial charge in [-0.25, -0.2) is 9.49 Å². The number of rotatable bonds is 3. The van der Waals surface area contributed by atoms with Gasteiger partial charge in [0.2, 0.25) is 11.9 Å². The number of nitrogen functional groups attached to an aromatic ring is 1. The van der Waals surface area contributed by atoms with Crippen LogP contribution in [0.4, 0.5) is 35.1 Å². The van der Waals surface area contributed by atoms with E-state index in [0.717, 1.165) is 12.1 Å². The molecular weight excluding hydrogens is 326 g/mol. The van der Waals surface area contributed by atoms with E-state index in [9.17, 15) is 17.6 Å². The molecule has 3 rings (SSSR count). The molecule has 0 bridgehead atoms. The molecule has 24 heavy (non-hydrogen) atoms. The van der Waals surface area contributed by atoms with Crippen LogP contribution in [0.2, 0.25) is 0 Å². The SMILES string of the molecule is Nc1nc(Nc2ccc(-c3ccccc3F)c(C(F)(F)F)c2)n[nH]1. The van der Waals surface area contributed by atoms with E-state index in [4.69, 9.17) is 5.73 Å². The monoisotopic (exact) mass is 337 g/mol. The highest BCUT2D eigenvalue weighted by Gasteiger charge is 2.34. The van der Waals surface area contributed by atoms with Gasteiger partial charge in [-0.2, -0.15) is 18.2 Å². The van der Waals surface area contributed by atoms with Crippen molar-refractivity contribution in [1.29, 1.82) is 0 Å². The van der Waals surface area contributed by atoms with Crippen LogP contribution >= 0.6 is 0 Å². The van der Waals surface area contributed by atoms with Crippen LogP contribution in [-0.4, -0.2) is 15.2 Å². The normalized spacial score (nSPS) is 11.5. The molecule has 0 amide bonds. The van der Waals surface area contributed by atoms with E-state index in [0.29, 0.717) is 0 Å². The maximum absolute atomic E-state index is 13.9. The van der Waals surface area contributed by atoms with Crippen molar-refractivity contribution in [2.45, 2.75) is 6.18 Å². The molecule has 0 aliphatic carbocycles. The third-order valence-corrected chi connectivity index (χ3v) is 3.25. The fraction of sp³-hybridized carbons (Fsp3) is 0.0667. The first-order valence-electron chi connectivity index (χ1n) is 6.75. The van der Waals surface area contributed by atoms with Gasteiger partial charge in [0.25, 0.3) is 0 Å². The maximum atomic E-state index is 13.9. The first-order chi connectivity index (χ1) is 11.3. The lowest BCUT2D eigenvalue weighted by molar-refractivity contribution is -0.137. The van der Waals surface area contributed by atoms with Crippen molar-refractivity contribution in [2.75, 3.05) is 11.1 Å². The fourth-order valence-corrected chi connectivity index (χ4v) is 2.23. The minimum absolute atomic E-state index is 0.0246. The highest BCUT2D eigenvalue weighted by molar-refractivity contribution is 5.72. The van der Waals surface area contributed by atoms with Gasteiger partial charge in [0.1, 0.15) is 5.82 Å². The van der Waals surface area contributed by atoms with Gasteiger partial charge in [0.05, 0.1) is 5.56 Å². The Hall–Kier alpha value is -3.10. The summed E-state index contributed by atoms with van der Waals surface area (Å²) < 4.78 is 54.0. The molecule has 0 atom stereocenters. The zero-order chi connectivity index (χ0) is 17.3. The van der Waals surface area contributed by atoms with Crippen molar-refractivity contribution in [3.63, 3.8) is 0 Å². The van der Waals surface area contributed by atoms with E-state index in [2.05, 4.69) is 20.5 Å². The second-order valence-corrected chi connectivity index (χ2v) is 4.91. The number of hydrogen-bond acceptors (Lipinski definition) is 4. The average molecular weight is 337 g/mol. The maximum Gasteiger partial charge on any atom is 0.417 e. The number of nitrogens with zero attached hydrogens (tertiary/aromatic N) is 2. The molecule has 4 N–H and O–H groups in total. The van der Waals surface area contributed by atoms with E-state index < -0.39 is 17.6 Å². The second kappa shape index (κ2) is 5.84. The quantitative estimate of drug-likeness (QED) is 0.632. The zero-order valence-electron chi connectivity index (χ0n) is 12.0. The summed E-state index contributed by atoms with van der Waals surface area (Å²) in [4.78, 5) is 3.75. The molecule has 0 aliphatic heterocycles. The first kappa shape index (κ1) is 15.8. The number of alkyl halides is 3. The predicted octanol–water partition coefficient (Wildman–Crippen LogP) is 3.96. The molecule has 0 saturated heterocycles. The highest BCUT2D eigenvalue weighted by Crippen LogP contribution is 2.39. The Bertz CT molecular complexity index is 872. The molecule has 0 aliphatic rings. The Kier molecular flexibility index (Phi) is 3.84. The zero-order valence-corrected chi connectivity index (χ0v) is 12.0. The molecule has 1 aromatic heterocycles. The summed E-state index contributed by atoms with van der Waals surface area (Å²) in [5.74, 6) is -0.679. The van der Waals surface area contributed by atoms with Gasteiger partial charge in [-0.1, -0.05) is 24.3 Å². The number of halogens is 4.